The molecule has 2 aliphatic heterocycles. The van der Waals surface area contributed by atoms with Crippen molar-refractivity contribution >= 4 is 31.4 Å². The van der Waals surface area contributed by atoms with Crippen molar-refractivity contribution in [1.82, 2.24) is 25.2 Å². The molecule has 2 fully saturated rings. The molecule has 0 spiro atoms. The average Bonchev–Trinajstić information content (AvgIpc) is 3.67. The van der Waals surface area contributed by atoms with E-state index < -0.39 is 71.1 Å². The number of hydrogen-bond acceptors (Lipinski definition) is 10. The number of ketones is 1. The number of benzene rings is 1. The molecule has 4 rings (SSSR count). The van der Waals surface area contributed by atoms with Crippen LogP contribution >= 0.6 is 0 Å². The van der Waals surface area contributed by atoms with Gasteiger partial charge in [-0.15, -0.1) is 5.10 Å². The molecular weight excluding hydrogens is 680 g/mol. The van der Waals surface area contributed by atoms with Crippen molar-refractivity contribution in [1.29, 1.82) is 0 Å². The van der Waals surface area contributed by atoms with Crippen molar-refractivity contribution in [3.05, 3.63) is 30.5 Å². The quantitative estimate of drug-likeness (QED) is 0.119. The summed E-state index contributed by atoms with van der Waals surface area (Å²) < 4.78 is 64.5. The van der Waals surface area contributed by atoms with E-state index in [1.54, 1.807) is 43.8 Å². The molecule has 1 amide bonds. The molecule has 3 N–H and O–H groups in total. The van der Waals surface area contributed by atoms with Gasteiger partial charge in [-0.05, 0) is 83.3 Å². The number of carbonyl (C=O) groups is 3. The second kappa shape index (κ2) is 16.6. The van der Waals surface area contributed by atoms with Crippen LogP contribution in [0.3, 0.4) is 0 Å². The Kier molecular flexibility index (Phi) is 13.1. The maximum atomic E-state index is 15.2. The first-order valence-electron chi connectivity index (χ1n) is 18.0. The zero-order valence-corrected chi connectivity index (χ0v) is 31.1. The van der Waals surface area contributed by atoms with E-state index in [2.05, 4.69) is 15.6 Å². The lowest BCUT2D eigenvalue weighted by molar-refractivity contribution is -0.192. The van der Waals surface area contributed by atoms with Crippen LogP contribution in [0.4, 0.5) is 23.7 Å². The highest BCUT2D eigenvalue weighted by molar-refractivity contribution is 6.15. The lowest BCUT2D eigenvalue weighted by atomic mass is 9.63. The summed E-state index contributed by atoms with van der Waals surface area (Å²) in [5.74, 6) is -4.59. The van der Waals surface area contributed by atoms with Gasteiger partial charge in [0.15, 0.2) is 5.60 Å². The summed E-state index contributed by atoms with van der Waals surface area (Å²) in [6, 6.07) is 3.35. The largest absolute Gasteiger partial charge is 0.458 e. The third-order valence-corrected chi connectivity index (χ3v) is 10.9. The topological polar surface area (TPSA) is 151 Å². The number of nitrogens with zero attached hydrogens (tertiary/aromatic N) is 4. The molecule has 2 aliphatic rings. The molecule has 1 aromatic heterocycles. The minimum absolute atomic E-state index is 0.0141. The van der Waals surface area contributed by atoms with Crippen LogP contribution in [0.2, 0.25) is 5.82 Å². The Morgan fingerprint density at radius 1 is 1.13 bits per heavy atom. The van der Waals surface area contributed by atoms with Crippen molar-refractivity contribution in [2.75, 3.05) is 25.9 Å². The first-order valence-corrected chi connectivity index (χ1v) is 18.0. The number of anilines is 1. The number of Topliss-reactive ketones (excluding diaryl/α,β-unsaturated/α-hetero) is 1. The highest BCUT2D eigenvalue weighted by Crippen LogP contribution is 2.43. The summed E-state index contributed by atoms with van der Waals surface area (Å²) in [7, 11) is 8.02. The lowest BCUT2D eigenvalue weighted by Crippen LogP contribution is -2.65. The molecule has 0 aliphatic carbocycles. The molecule has 0 unspecified atom stereocenters. The third kappa shape index (κ3) is 8.92. The van der Waals surface area contributed by atoms with E-state index in [0.717, 1.165) is 10.5 Å². The summed E-state index contributed by atoms with van der Waals surface area (Å²) in [6.07, 6.45) is -3.78. The number of hydrogen-bond donors (Lipinski definition) is 2. The maximum absolute atomic E-state index is 15.2. The number of rotatable bonds is 8. The number of esters is 1. The van der Waals surface area contributed by atoms with Gasteiger partial charge < -0.3 is 25.3 Å². The molecule has 2 aromatic rings. The van der Waals surface area contributed by atoms with Crippen LogP contribution in [0.25, 0.3) is 11.3 Å². The number of nitrogens with one attached hydrogen (secondary N) is 1. The molecule has 0 bridgehead atoms. The smallest absolute Gasteiger partial charge is 0.410 e. The second-order valence-electron chi connectivity index (χ2n) is 14.7. The van der Waals surface area contributed by atoms with Gasteiger partial charge in [-0.3, -0.25) is 19.2 Å². The molecule has 3 heterocycles. The van der Waals surface area contributed by atoms with E-state index >= 15 is 13.2 Å². The van der Waals surface area contributed by atoms with E-state index in [4.69, 9.17) is 27.8 Å². The number of aryl methyl sites for hydroxylation is 1. The number of nitrogens with two attached hydrogens (primary N) is 1. The number of alkyl halides is 3. The van der Waals surface area contributed by atoms with Crippen LogP contribution < -0.4 is 11.1 Å². The number of nitrogen functional groups attached to an aromatic ring is 1. The number of methoxy groups -OCH3 is 1. The van der Waals surface area contributed by atoms with Gasteiger partial charge in [-0.1, -0.05) is 38.1 Å². The van der Waals surface area contributed by atoms with Crippen LogP contribution in [0.15, 0.2) is 30.5 Å². The van der Waals surface area contributed by atoms with Gasteiger partial charge in [0.05, 0.1) is 19.6 Å². The molecule has 0 saturated carbocycles. The summed E-state index contributed by atoms with van der Waals surface area (Å²) in [4.78, 5) is 41.7. The average molecular weight is 733 g/mol. The number of cyclic esters (lactones) is 1. The van der Waals surface area contributed by atoms with Crippen LogP contribution in [-0.4, -0.2) is 101 Å². The molecule has 1 aromatic carbocycles. The minimum Gasteiger partial charge on any atom is -0.458 e. The number of carbonyl (C=O) groups excluding carboxylic acids is 3. The van der Waals surface area contributed by atoms with Gasteiger partial charge in [-0.2, -0.15) is 13.2 Å². The highest BCUT2D eigenvalue weighted by Gasteiger charge is 2.64. The number of halogens is 3. The molecule has 2 saturated heterocycles. The Morgan fingerprint density at radius 3 is 2.46 bits per heavy atom. The van der Waals surface area contributed by atoms with Crippen LogP contribution in [0.1, 0.15) is 73.6 Å². The number of fused-ring (bicyclic) bond motifs is 1. The van der Waals surface area contributed by atoms with Crippen LogP contribution in [0, 0.1) is 17.8 Å². The fourth-order valence-corrected chi connectivity index (χ4v) is 7.36. The highest BCUT2D eigenvalue weighted by atomic mass is 19.4. The number of ether oxygens (including phenoxy) is 3. The molecule has 2 radical (unpaired) electrons. The second-order valence-corrected chi connectivity index (χ2v) is 14.7. The molecule has 52 heavy (non-hydrogen) atoms. The first kappa shape index (κ1) is 41.1. The summed E-state index contributed by atoms with van der Waals surface area (Å²) >= 11 is 0. The van der Waals surface area contributed by atoms with Crippen molar-refractivity contribution in [3.63, 3.8) is 0 Å². The zero-order valence-electron chi connectivity index (χ0n) is 31.1. The van der Waals surface area contributed by atoms with Gasteiger partial charge in [0.25, 0.3) is 0 Å². The SMILES string of the molecule is [B][C@@H]1[C@@H](C)C(=O)[C@@H](C)C(=O)O[C@H](CC)[C@@]2(C)OC(=O)N(CCCCn3cc(-c4cccc(N)c4)nn3)[C@@H]2[C@@H](C(F)(F)F)NC[C@H](C)CC[C@@]1(C)OC. The van der Waals surface area contributed by atoms with E-state index in [1.165, 1.54) is 21.0 Å². The molecular formula is C36H52BF3N6O6. The Labute approximate surface area is 305 Å². The fraction of sp³-hybridized carbons (Fsp3) is 0.694. The van der Waals surface area contributed by atoms with E-state index in [1.807, 2.05) is 19.1 Å². The molecule has 12 nitrogen and oxygen atoms in total. The summed E-state index contributed by atoms with van der Waals surface area (Å²) in [6.45, 7) is 9.84. The van der Waals surface area contributed by atoms with Gasteiger partial charge in [0.2, 0.25) is 0 Å². The number of unbranched alkanes of at least 4 members (excludes halogenated alkanes) is 1. The number of aromatic nitrogens is 3. The Hall–Kier alpha value is -3.66. The minimum atomic E-state index is -4.83. The maximum Gasteiger partial charge on any atom is 0.410 e. The van der Waals surface area contributed by atoms with E-state index in [0.29, 0.717) is 43.6 Å². The third-order valence-electron chi connectivity index (χ3n) is 10.9. The molecule has 9 atom stereocenters. The predicted molar refractivity (Wildman–Crippen MR) is 189 cm³/mol. The molecule has 286 valence electrons. The van der Waals surface area contributed by atoms with Gasteiger partial charge >= 0.3 is 18.2 Å². The van der Waals surface area contributed by atoms with Crippen molar-refractivity contribution in [3.8, 4) is 11.3 Å². The Bertz CT molecular complexity index is 1560. The normalized spacial score (nSPS) is 32.7. The lowest BCUT2D eigenvalue weighted by Gasteiger charge is -2.43. The first-order chi connectivity index (χ1) is 24.4. The fourth-order valence-electron chi connectivity index (χ4n) is 7.36. The zero-order chi connectivity index (χ0) is 38.6. The van der Waals surface area contributed by atoms with E-state index in [-0.39, 0.29) is 25.4 Å². The van der Waals surface area contributed by atoms with Gasteiger partial charge in [-0.25, -0.2) is 4.79 Å². The van der Waals surface area contributed by atoms with E-state index in [9.17, 15) is 14.4 Å². The Balaban J connectivity index is 1.62. The van der Waals surface area contributed by atoms with Gasteiger partial charge in [0.1, 0.15) is 35.6 Å². The van der Waals surface area contributed by atoms with Crippen LogP contribution in [0.5, 0.6) is 0 Å². The monoisotopic (exact) mass is 732 g/mol. The standard InChI is InChI=1S/C36H52BF3N6O6/c1-8-27-35(6)31(46(33(49)52-35)17-10-9-16-45-20-26(43-44-45)24-12-11-13-25(41)18-24)30(36(38,39)40)42-19-21(2)14-15-34(5,50-7)29(37)22(3)28(47)23(4)32(48)51-27/h11-13,18,20-23,27,29-31,42H,8-10,14-17,19,41H2,1-7H3/t21-,22+,23-,27-,29-,30+,31-,34-,35-/m1/s1. The van der Waals surface area contributed by atoms with Crippen molar-refractivity contribution in [2.45, 2.75) is 122 Å². The number of amides is 1. The van der Waals surface area contributed by atoms with Gasteiger partial charge in [0, 0.05) is 37.4 Å². The predicted octanol–water partition coefficient (Wildman–Crippen LogP) is 5.36. The molecule has 16 heteroatoms. The summed E-state index contributed by atoms with van der Waals surface area (Å²) in [5, 5.41) is 11.1. The Morgan fingerprint density at radius 2 is 1.83 bits per heavy atom. The van der Waals surface area contributed by atoms with Crippen LogP contribution in [-0.2, 0) is 30.3 Å². The van der Waals surface area contributed by atoms with Crippen molar-refractivity contribution < 1.29 is 41.8 Å². The summed E-state index contributed by atoms with van der Waals surface area (Å²) in [5.41, 5.74) is 4.96. The van der Waals surface area contributed by atoms with Crippen molar-refractivity contribution in [2.24, 2.45) is 17.8 Å².